The van der Waals surface area contributed by atoms with Crippen LogP contribution < -0.4 is 0 Å². The maximum absolute atomic E-state index is 11.5. The molecule has 29 heavy (non-hydrogen) atoms. The Morgan fingerprint density at radius 1 is 0.655 bits per heavy atom. The summed E-state index contributed by atoms with van der Waals surface area (Å²) in [6, 6.07) is 0. The van der Waals surface area contributed by atoms with Gasteiger partial charge in [0.1, 0.15) is 0 Å². The topological polar surface area (TPSA) is 63.6 Å². The summed E-state index contributed by atoms with van der Waals surface area (Å²) < 4.78 is 5.06. The first-order chi connectivity index (χ1) is 14.1. The van der Waals surface area contributed by atoms with E-state index in [0.29, 0.717) is 6.61 Å². The van der Waals surface area contributed by atoms with Crippen LogP contribution >= 0.6 is 0 Å². The van der Waals surface area contributed by atoms with E-state index in [2.05, 4.69) is 6.92 Å². The van der Waals surface area contributed by atoms with Crippen LogP contribution in [0, 0.1) is 0 Å². The van der Waals surface area contributed by atoms with E-state index in [-0.39, 0.29) is 5.57 Å². The second-order valence-electron chi connectivity index (χ2n) is 8.31. The Labute approximate surface area is 179 Å². The minimum atomic E-state index is -1.12. The normalized spacial score (nSPS) is 11.6. The second kappa shape index (κ2) is 21.4. The molecule has 4 nitrogen and oxygen atoms in total. The molecule has 0 spiro atoms. The molecule has 0 aliphatic rings. The van der Waals surface area contributed by atoms with Gasteiger partial charge in [0.15, 0.2) is 0 Å². The predicted octanol–water partition coefficient (Wildman–Crippen LogP) is 7.60. The summed E-state index contributed by atoms with van der Waals surface area (Å²) >= 11 is 0. The van der Waals surface area contributed by atoms with E-state index in [4.69, 9.17) is 9.84 Å². The quantitative estimate of drug-likeness (QED) is 0.120. The minimum Gasteiger partial charge on any atom is -0.478 e. The van der Waals surface area contributed by atoms with Crippen LogP contribution in [0.5, 0.6) is 0 Å². The van der Waals surface area contributed by atoms with Crippen LogP contribution in [-0.4, -0.2) is 23.7 Å². The highest BCUT2D eigenvalue weighted by molar-refractivity contribution is 5.95. The summed E-state index contributed by atoms with van der Waals surface area (Å²) in [6.45, 7) is 4.12. The van der Waals surface area contributed by atoms with Crippen LogP contribution in [0.1, 0.15) is 129 Å². The van der Waals surface area contributed by atoms with Gasteiger partial charge < -0.3 is 9.84 Å². The van der Waals surface area contributed by atoms with Gasteiger partial charge in [-0.05, 0) is 13.3 Å². The molecule has 0 amide bonds. The molecule has 170 valence electrons. The summed E-state index contributed by atoms with van der Waals surface area (Å²) in [6.07, 6.45) is 24.8. The molecule has 0 saturated carbocycles. The maximum atomic E-state index is 11.5. The van der Waals surface area contributed by atoms with Crippen LogP contribution in [0.2, 0.25) is 0 Å². The molecule has 0 aromatic rings. The number of carbonyl (C=O) groups is 2. The van der Waals surface area contributed by atoms with Gasteiger partial charge in [-0.3, -0.25) is 0 Å². The van der Waals surface area contributed by atoms with Gasteiger partial charge in [-0.2, -0.15) is 0 Å². The Balaban J connectivity index is 3.21. The van der Waals surface area contributed by atoms with Crippen LogP contribution in [-0.2, 0) is 14.3 Å². The lowest BCUT2D eigenvalue weighted by Gasteiger charge is -2.05. The van der Waals surface area contributed by atoms with Gasteiger partial charge >= 0.3 is 11.9 Å². The number of hydrogen-bond acceptors (Lipinski definition) is 3. The summed E-state index contributed by atoms with van der Waals surface area (Å²) in [7, 11) is 0. The first kappa shape index (κ1) is 27.7. The van der Waals surface area contributed by atoms with Gasteiger partial charge in [0.25, 0.3) is 0 Å². The number of aliphatic carboxylic acids is 1. The zero-order valence-electron chi connectivity index (χ0n) is 19.2. The molecule has 0 fully saturated rings. The Hall–Kier alpha value is -1.32. The van der Waals surface area contributed by atoms with Crippen molar-refractivity contribution in [3.63, 3.8) is 0 Å². The van der Waals surface area contributed by atoms with Gasteiger partial charge in [-0.15, -0.1) is 0 Å². The molecule has 0 saturated heterocycles. The summed E-state index contributed by atoms with van der Waals surface area (Å²) in [5, 5.41) is 8.58. The molecule has 0 unspecified atom stereocenters. The van der Waals surface area contributed by atoms with Crippen molar-refractivity contribution < 1.29 is 19.4 Å². The van der Waals surface area contributed by atoms with E-state index in [1.807, 2.05) is 0 Å². The van der Waals surface area contributed by atoms with Gasteiger partial charge in [-0.25, -0.2) is 9.59 Å². The lowest BCUT2D eigenvalue weighted by Crippen LogP contribution is -2.08. The molecule has 0 aromatic carbocycles. The number of carboxylic acid groups (broad SMARTS) is 1. The van der Waals surface area contributed by atoms with Crippen molar-refractivity contribution >= 4 is 11.9 Å². The number of ether oxygens (including phenoxy) is 1. The van der Waals surface area contributed by atoms with Crippen LogP contribution in [0.3, 0.4) is 0 Å². The largest absolute Gasteiger partial charge is 0.478 e. The monoisotopic (exact) mass is 410 g/mol. The molecular weight excluding hydrogens is 364 g/mol. The minimum absolute atomic E-state index is 0.139. The summed E-state index contributed by atoms with van der Waals surface area (Å²) in [4.78, 5) is 22.0. The summed E-state index contributed by atoms with van der Waals surface area (Å²) in [5.41, 5.74) is 0.139. The molecule has 4 heteroatoms. The third-order valence-corrected chi connectivity index (χ3v) is 5.39. The number of unbranched alkanes of at least 4 members (excludes halogenated alkanes) is 17. The highest BCUT2D eigenvalue weighted by atomic mass is 16.5. The fourth-order valence-electron chi connectivity index (χ4n) is 3.53. The fourth-order valence-corrected chi connectivity index (χ4v) is 3.53. The van der Waals surface area contributed by atoms with E-state index in [1.54, 1.807) is 0 Å². The third kappa shape index (κ3) is 21.2. The van der Waals surface area contributed by atoms with Crippen molar-refractivity contribution in [3.05, 3.63) is 11.6 Å². The Bertz CT molecular complexity index is 429. The van der Waals surface area contributed by atoms with E-state index in [1.165, 1.54) is 110 Å². The van der Waals surface area contributed by atoms with Gasteiger partial charge in [0.05, 0.1) is 6.61 Å². The van der Waals surface area contributed by atoms with Crippen molar-refractivity contribution in [1.82, 2.24) is 0 Å². The standard InChI is InChI=1S/C25H46O4/c1-3-4-5-6-7-8-9-10-11-12-13-14-15-16-17-18-19-20-21-29-25(28)23(2)22-24(26)27/h22H,3-21H2,1-2H3,(H,26,27). The van der Waals surface area contributed by atoms with Crippen molar-refractivity contribution in [3.8, 4) is 0 Å². The maximum Gasteiger partial charge on any atom is 0.333 e. The van der Waals surface area contributed by atoms with Crippen LogP contribution in [0.15, 0.2) is 11.6 Å². The SMILES string of the molecule is CCCCCCCCCCCCCCCCCCCCOC(=O)C(C)=CC(=O)O. The van der Waals surface area contributed by atoms with Gasteiger partial charge in [0.2, 0.25) is 0 Å². The van der Waals surface area contributed by atoms with Gasteiger partial charge in [0, 0.05) is 11.6 Å². The highest BCUT2D eigenvalue weighted by Gasteiger charge is 2.07. The highest BCUT2D eigenvalue weighted by Crippen LogP contribution is 2.14. The van der Waals surface area contributed by atoms with E-state index in [0.717, 1.165) is 18.9 Å². The zero-order valence-corrected chi connectivity index (χ0v) is 19.2. The molecule has 0 atom stereocenters. The van der Waals surface area contributed by atoms with Gasteiger partial charge in [-0.1, -0.05) is 116 Å². The number of carbonyl (C=O) groups excluding carboxylic acids is 1. The molecule has 1 N–H and O–H groups in total. The Kier molecular flexibility index (Phi) is 20.4. The van der Waals surface area contributed by atoms with Crippen molar-refractivity contribution in [2.24, 2.45) is 0 Å². The molecular formula is C25H46O4. The van der Waals surface area contributed by atoms with E-state index in [9.17, 15) is 9.59 Å². The number of rotatable bonds is 21. The third-order valence-electron chi connectivity index (χ3n) is 5.39. The molecule has 0 aliphatic heterocycles. The van der Waals surface area contributed by atoms with Crippen LogP contribution in [0.4, 0.5) is 0 Å². The summed E-state index contributed by atoms with van der Waals surface area (Å²) in [5.74, 6) is -1.65. The lowest BCUT2D eigenvalue weighted by atomic mass is 10.0. The fraction of sp³-hybridized carbons (Fsp3) is 0.840. The number of hydrogen-bond donors (Lipinski definition) is 1. The molecule has 0 rings (SSSR count). The predicted molar refractivity (Wildman–Crippen MR) is 121 cm³/mol. The molecule has 0 aliphatic carbocycles. The molecule has 0 bridgehead atoms. The molecule has 0 aromatic heterocycles. The molecule has 0 heterocycles. The Morgan fingerprint density at radius 3 is 1.34 bits per heavy atom. The Morgan fingerprint density at radius 2 is 1.00 bits per heavy atom. The lowest BCUT2D eigenvalue weighted by molar-refractivity contribution is -0.140. The molecule has 0 radical (unpaired) electrons. The zero-order chi connectivity index (χ0) is 21.6. The average molecular weight is 411 g/mol. The van der Waals surface area contributed by atoms with Crippen molar-refractivity contribution in [2.45, 2.75) is 129 Å². The number of carboxylic acids is 1. The second-order valence-corrected chi connectivity index (χ2v) is 8.31. The number of esters is 1. The van der Waals surface area contributed by atoms with Crippen molar-refractivity contribution in [2.75, 3.05) is 6.61 Å². The van der Waals surface area contributed by atoms with Crippen LogP contribution in [0.25, 0.3) is 0 Å². The van der Waals surface area contributed by atoms with E-state index >= 15 is 0 Å². The first-order valence-corrected chi connectivity index (χ1v) is 12.2. The smallest absolute Gasteiger partial charge is 0.333 e. The van der Waals surface area contributed by atoms with Crippen molar-refractivity contribution in [1.29, 1.82) is 0 Å². The first-order valence-electron chi connectivity index (χ1n) is 12.2. The van der Waals surface area contributed by atoms with E-state index < -0.39 is 11.9 Å². The average Bonchev–Trinajstić information content (AvgIpc) is 2.69.